The molecule has 1 saturated carbocycles. The molecule has 0 radical (unpaired) electrons. The monoisotopic (exact) mass is 256 g/mol. The first kappa shape index (κ1) is 16.0. The van der Waals surface area contributed by atoms with E-state index in [4.69, 9.17) is 4.74 Å². The maximum absolute atomic E-state index is 10.3. The summed E-state index contributed by atoms with van der Waals surface area (Å²) in [6.45, 7) is 2.23. The number of methoxy groups -OCH3 is 1. The molecule has 1 N–H and O–H groups in total. The van der Waals surface area contributed by atoms with E-state index in [-0.39, 0.29) is 12.2 Å². The van der Waals surface area contributed by atoms with Crippen molar-refractivity contribution in [3.05, 3.63) is 0 Å². The van der Waals surface area contributed by atoms with E-state index in [2.05, 4.69) is 6.92 Å². The lowest BCUT2D eigenvalue weighted by Gasteiger charge is -2.32. The lowest BCUT2D eigenvalue weighted by Crippen LogP contribution is -2.36. The molecule has 1 aliphatic carbocycles. The van der Waals surface area contributed by atoms with E-state index in [1.54, 1.807) is 7.11 Å². The highest BCUT2D eigenvalue weighted by atomic mass is 16.5. The fraction of sp³-hybridized carbons (Fsp3) is 1.00. The standard InChI is InChI=1S/C16H32O2/c1-3-4-5-6-10-13-15(17)16(18-2)14-11-8-7-9-12-14/h14-17H,3-13H2,1-2H3/t15-,16-/m1/s1. The molecular weight excluding hydrogens is 224 g/mol. The number of aliphatic hydroxyl groups excluding tert-OH is 1. The zero-order valence-electron chi connectivity index (χ0n) is 12.4. The largest absolute Gasteiger partial charge is 0.390 e. The number of aliphatic hydroxyl groups is 1. The van der Waals surface area contributed by atoms with E-state index in [0.717, 1.165) is 12.8 Å². The third-order valence-electron chi connectivity index (χ3n) is 4.37. The zero-order chi connectivity index (χ0) is 13.2. The molecule has 0 aromatic rings. The minimum atomic E-state index is -0.250. The summed E-state index contributed by atoms with van der Waals surface area (Å²) in [5, 5.41) is 10.3. The van der Waals surface area contributed by atoms with Crippen LogP contribution >= 0.6 is 0 Å². The normalized spacial score (nSPS) is 20.8. The van der Waals surface area contributed by atoms with Gasteiger partial charge in [0, 0.05) is 7.11 Å². The maximum atomic E-state index is 10.3. The second-order valence-corrected chi connectivity index (χ2v) is 5.87. The van der Waals surface area contributed by atoms with Crippen molar-refractivity contribution >= 4 is 0 Å². The fourth-order valence-corrected chi connectivity index (χ4v) is 3.25. The molecule has 1 fully saturated rings. The smallest absolute Gasteiger partial charge is 0.0858 e. The van der Waals surface area contributed by atoms with Crippen molar-refractivity contribution in [1.29, 1.82) is 0 Å². The van der Waals surface area contributed by atoms with Gasteiger partial charge in [-0.2, -0.15) is 0 Å². The van der Waals surface area contributed by atoms with Gasteiger partial charge in [0.25, 0.3) is 0 Å². The first-order valence-corrected chi connectivity index (χ1v) is 8.00. The van der Waals surface area contributed by atoms with Crippen LogP contribution in [0.15, 0.2) is 0 Å². The van der Waals surface area contributed by atoms with Gasteiger partial charge in [0.05, 0.1) is 12.2 Å². The molecule has 0 aliphatic heterocycles. The molecule has 108 valence electrons. The first-order chi connectivity index (χ1) is 8.79. The van der Waals surface area contributed by atoms with Crippen molar-refractivity contribution < 1.29 is 9.84 Å². The predicted octanol–water partition coefficient (Wildman–Crippen LogP) is 4.30. The van der Waals surface area contributed by atoms with Gasteiger partial charge >= 0.3 is 0 Å². The van der Waals surface area contributed by atoms with Crippen molar-refractivity contribution in [3.8, 4) is 0 Å². The van der Waals surface area contributed by atoms with E-state index in [9.17, 15) is 5.11 Å². The van der Waals surface area contributed by atoms with Gasteiger partial charge in [0.15, 0.2) is 0 Å². The Morgan fingerprint density at radius 3 is 2.33 bits per heavy atom. The first-order valence-electron chi connectivity index (χ1n) is 8.00. The molecule has 2 atom stereocenters. The summed E-state index contributed by atoms with van der Waals surface area (Å²) in [6, 6.07) is 0. The molecule has 0 unspecified atom stereocenters. The Bertz CT molecular complexity index is 188. The molecule has 0 bridgehead atoms. The minimum absolute atomic E-state index is 0.0801. The summed E-state index contributed by atoms with van der Waals surface area (Å²) in [4.78, 5) is 0. The Morgan fingerprint density at radius 1 is 1.06 bits per heavy atom. The molecule has 1 aliphatic rings. The lowest BCUT2D eigenvalue weighted by atomic mass is 9.82. The quantitative estimate of drug-likeness (QED) is 0.623. The van der Waals surface area contributed by atoms with Gasteiger partial charge in [-0.15, -0.1) is 0 Å². The van der Waals surface area contributed by atoms with E-state index < -0.39 is 0 Å². The predicted molar refractivity (Wildman–Crippen MR) is 76.8 cm³/mol. The van der Waals surface area contributed by atoms with E-state index in [0.29, 0.717) is 5.92 Å². The summed E-state index contributed by atoms with van der Waals surface area (Å²) < 4.78 is 5.58. The Hall–Kier alpha value is -0.0800. The van der Waals surface area contributed by atoms with Crippen LogP contribution in [0.25, 0.3) is 0 Å². The van der Waals surface area contributed by atoms with Gasteiger partial charge in [-0.1, -0.05) is 58.3 Å². The highest BCUT2D eigenvalue weighted by molar-refractivity contribution is 4.80. The van der Waals surface area contributed by atoms with Gasteiger partial charge in [-0.3, -0.25) is 0 Å². The van der Waals surface area contributed by atoms with Gasteiger partial charge in [0.1, 0.15) is 0 Å². The average Bonchev–Trinajstić information content (AvgIpc) is 2.40. The molecule has 2 heteroatoms. The topological polar surface area (TPSA) is 29.5 Å². The van der Waals surface area contributed by atoms with Crippen molar-refractivity contribution in [2.75, 3.05) is 7.11 Å². The fourth-order valence-electron chi connectivity index (χ4n) is 3.25. The minimum Gasteiger partial charge on any atom is -0.390 e. The van der Waals surface area contributed by atoms with Crippen LogP contribution < -0.4 is 0 Å². The third kappa shape index (κ3) is 5.71. The van der Waals surface area contributed by atoms with Crippen LogP contribution in [0.1, 0.15) is 77.6 Å². The highest BCUT2D eigenvalue weighted by Gasteiger charge is 2.28. The second-order valence-electron chi connectivity index (χ2n) is 5.87. The number of hydrogen-bond donors (Lipinski definition) is 1. The lowest BCUT2D eigenvalue weighted by molar-refractivity contribution is -0.0577. The second kappa shape index (κ2) is 9.80. The molecule has 0 aromatic heterocycles. The molecule has 1 rings (SSSR count). The zero-order valence-corrected chi connectivity index (χ0v) is 12.4. The van der Waals surface area contributed by atoms with Crippen LogP contribution in [0.2, 0.25) is 0 Å². The molecule has 0 saturated heterocycles. The molecule has 0 heterocycles. The summed E-state index contributed by atoms with van der Waals surface area (Å²) in [7, 11) is 1.76. The Kier molecular flexibility index (Phi) is 8.70. The highest BCUT2D eigenvalue weighted by Crippen LogP contribution is 2.30. The average molecular weight is 256 g/mol. The molecule has 0 aromatic carbocycles. The van der Waals surface area contributed by atoms with E-state index in [1.165, 1.54) is 57.8 Å². The van der Waals surface area contributed by atoms with Gasteiger partial charge < -0.3 is 9.84 Å². The van der Waals surface area contributed by atoms with Crippen molar-refractivity contribution in [2.24, 2.45) is 5.92 Å². The van der Waals surface area contributed by atoms with E-state index >= 15 is 0 Å². The van der Waals surface area contributed by atoms with Crippen molar-refractivity contribution in [2.45, 2.75) is 89.8 Å². The van der Waals surface area contributed by atoms with Gasteiger partial charge in [0.2, 0.25) is 0 Å². The molecule has 0 spiro atoms. The Labute approximate surface area is 113 Å². The maximum Gasteiger partial charge on any atom is 0.0858 e. The van der Waals surface area contributed by atoms with Gasteiger partial charge in [-0.25, -0.2) is 0 Å². The number of ether oxygens (including phenoxy) is 1. The van der Waals surface area contributed by atoms with Crippen LogP contribution in [-0.2, 0) is 4.74 Å². The van der Waals surface area contributed by atoms with Gasteiger partial charge in [-0.05, 0) is 25.2 Å². The van der Waals surface area contributed by atoms with Crippen LogP contribution in [-0.4, -0.2) is 24.4 Å². The van der Waals surface area contributed by atoms with Crippen LogP contribution in [0.4, 0.5) is 0 Å². The number of unbranched alkanes of at least 4 members (excludes halogenated alkanes) is 4. The third-order valence-corrected chi connectivity index (χ3v) is 4.37. The summed E-state index contributed by atoms with van der Waals surface area (Å²) in [5.74, 6) is 0.592. The molecule has 2 nitrogen and oxygen atoms in total. The van der Waals surface area contributed by atoms with Crippen LogP contribution in [0.3, 0.4) is 0 Å². The van der Waals surface area contributed by atoms with Crippen molar-refractivity contribution in [1.82, 2.24) is 0 Å². The van der Waals surface area contributed by atoms with E-state index in [1.807, 2.05) is 0 Å². The summed E-state index contributed by atoms with van der Waals surface area (Å²) in [5.41, 5.74) is 0. The Balaban J connectivity index is 2.21. The Morgan fingerprint density at radius 2 is 1.72 bits per heavy atom. The van der Waals surface area contributed by atoms with Crippen molar-refractivity contribution in [3.63, 3.8) is 0 Å². The summed E-state index contributed by atoms with van der Waals surface area (Å²) in [6.07, 6.45) is 13.5. The van der Waals surface area contributed by atoms with Crippen LogP contribution in [0.5, 0.6) is 0 Å². The van der Waals surface area contributed by atoms with Crippen LogP contribution in [0, 0.1) is 5.92 Å². The SMILES string of the molecule is CCCCCCC[C@@H](O)[C@H](OC)C1CCCCC1. The number of rotatable bonds is 9. The molecule has 0 amide bonds. The molecular formula is C16H32O2. The number of hydrogen-bond acceptors (Lipinski definition) is 2. The molecule has 18 heavy (non-hydrogen) atoms. The summed E-state index contributed by atoms with van der Waals surface area (Å²) >= 11 is 0.